The molecule has 0 aliphatic carbocycles. The summed E-state index contributed by atoms with van der Waals surface area (Å²) in [5.74, 6) is -1.02. The summed E-state index contributed by atoms with van der Waals surface area (Å²) in [5.41, 5.74) is 7.59. The second-order valence-electron chi connectivity index (χ2n) is 8.28. The van der Waals surface area contributed by atoms with E-state index in [1.807, 2.05) is 6.92 Å². The Labute approximate surface area is 191 Å². The maximum Gasteiger partial charge on any atom is 0.443 e. The SMILES string of the molecule is Cc1cc(NC(=O)C(=O)N2C[C@H](C)CC[C@H]2c2ccc3sc(C(F)(F)F)nc3c2)cnc1N. The Bertz CT molecular complexity index is 1230. The number of likely N-dealkylation sites (tertiary alicyclic amines) is 1. The highest BCUT2D eigenvalue weighted by molar-refractivity contribution is 7.18. The van der Waals surface area contributed by atoms with Crippen LogP contribution < -0.4 is 11.1 Å². The van der Waals surface area contributed by atoms with Crippen LogP contribution in [-0.4, -0.2) is 33.2 Å². The molecule has 3 heterocycles. The average molecular weight is 478 g/mol. The minimum absolute atomic E-state index is 0.179. The van der Waals surface area contributed by atoms with Gasteiger partial charge in [-0.25, -0.2) is 9.97 Å². The molecule has 3 N–H and O–H groups in total. The highest BCUT2D eigenvalue weighted by Gasteiger charge is 2.36. The molecule has 174 valence electrons. The van der Waals surface area contributed by atoms with Gasteiger partial charge >= 0.3 is 18.0 Å². The molecule has 0 radical (unpaired) electrons. The molecule has 11 heteroatoms. The van der Waals surface area contributed by atoms with Crippen LogP contribution in [0, 0.1) is 12.8 Å². The minimum Gasteiger partial charge on any atom is -0.383 e. The second kappa shape index (κ2) is 8.62. The first kappa shape index (κ1) is 23.0. The van der Waals surface area contributed by atoms with Gasteiger partial charge in [-0.15, -0.1) is 11.3 Å². The number of aryl methyl sites for hydroxylation is 1. The van der Waals surface area contributed by atoms with Crippen molar-refractivity contribution < 1.29 is 22.8 Å². The highest BCUT2D eigenvalue weighted by Crippen LogP contribution is 2.38. The predicted molar refractivity (Wildman–Crippen MR) is 119 cm³/mol. The Morgan fingerprint density at radius 3 is 2.70 bits per heavy atom. The van der Waals surface area contributed by atoms with E-state index < -0.39 is 29.0 Å². The first-order chi connectivity index (χ1) is 15.5. The summed E-state index contributed by atoms with van der Waals surface area (Å²) >= 11 is 0.580. The van der Waals surface area contributed by atoms with Crippen LogP contribution in [-0.2, 0) is 15.8 Å². The van der Waals surface area contributed by atoms with Gasteiger partial charge in [-0.3, -0.25) is 9.59 Å². The van der Waals surface area contributed by atoms with E-state index >= 15 is 0 Å². The summed E-state index contributed by atoms with van der Waals surface area (Å²) in [6.07, 6.45) is -1.73. The summed E-state index contributed by atoms with van der Waals surface area (Å²) in [7, 11) is 0. The van der Waals surface area contributed by atoms with E-state index in [0.717, 1.165) is 6.42 Å². The van der Waals surface area contributed by atoms with Gasteiger partial charge in [-0.2, -0.15) is 13.2 Å². The van der Waals surface area contributed by atoms with Crippen LogP contribution in [0.3, 0.4) is 0 Å². The lowest BCUT2D eigenvalue weighted by Gasteiger charge is -2.38. The number of halogens is 3. The molecule has 2 amide bonds. The van der Waals surface area contributed by atoms with Gasteiger partial charge in [0.15, 0.2) is 5.01 Å². The Balaban J connectivity index is 1.59. The van der Waals surface area contributed by atoms with E-state index in [0.29, 0.717) is 51.6 Å². The van der Waals surface area contributed by atoms with Gasteiger partial charge in [0.25, 0.3) is 0 Å². The second-order valence-corrected chi connectivity index (χ2v) is 9.31. The number of nitrogen functional groups attached to an aromatic ring is 1. The van der Waals surface area contributed by atoms with Crippen LogP contribution in [0.25, 0.3) is 10.2 Å². The number of hydrogen-bond donors (Lipinski definition) is 2. The largest absolute Gasteiger partial charge is 0.443 e. The summed E-state index contributed by atoms with van der Waals surface area (Å²) in [4.78, 5) is 35.0. The fourth-order valence-corrected chi connectivity index (χ4v) is 4.78. The summed E-state index contributed by atoms with van der Waals surface area (Å²) < 4.78 is 39.6. The Kier molecular flexibility index (Phi) is 6.00. The topological polar surface area (TPSA) is 101 Å². The van der Waals surface area contributed by atoms with Crippen molar-refractivity contribution in [2.45, 2.75) is 38.9 Å². The molecular formula is C22H22F3N5O2S. The molecular weight excluding hydrogens is 455 g/mol. The lowest BCUT2D eigenvalue weighted by Crippen LogP contribution is -2.46. The van der Waals surface area contributed by atoms with Crippen LogP contribution in [0.15, 0.2) is 30.5 Å². The zero-order valence-corrected chi connectivity index (χ0v) is 18.8. The van der Waals surface area contributed by atoms with Gasteiger partial charge in [-0.05, 0) is 55.0 Å². The normalized spacial score (nSPS) is 19.0. The van der Waals surface area contributed by atoms with Crippen LogP contribution in [0.4, 0.5) is 24.7 Å². The maximum atomic E-state index is 13.1. The van der Waals surface area contributed by atoms with Crippen molar-refractivity contribution in [1.29, 1.82) is 0 Å². The number of aromatic nitrogens is 2. The minimum atomic E-state index is -4.51. The molecule has 0 saturated carbocycles. The van der Waals surface area contributed by atoms with Gasteiger partial charge in [0.05, 0.1) is 28.1 Å². The van der Waals surface area contributed by atoms with E-state index in [4.69, 9.17) is 5.73 Å². The number of carbonyl (C=O) groups is 2. The molecule has 2 atom stereocenters. The zero-order chi connectivity index (χ0) is 23.9. The number of rotatable bonds is 2. The van der Waals surface area contributed by atoms with Crippen molar-refractivity contribution in [3.05, 3.63) is 46.6 Å². The summed E-state index contributed by atoms with van der Waals surface area (Å²) in [5, 5.41) is 1.65. The number of alkyl halides is 3. The van der Waals surface area contributed by atoms with E-state index in [2.05, 4.69) is 15.3 Å². The molecule has 3 aromatic rings. The van der Waals surface area contributed by atoms with Crippen molar-refractivity contribution in [2.75, 3.05) is 17.6 Å². The third-order valence-electron chi connectivity index (χ3n) is 5.69. The predicted octanol–water partition coefficient (Wildman–Crippen LogP) is 4.54. The molecule has 1 aromatic carbocycles. The number of anilines is 2. The molecule has 1 saturated heterocycles. The van der Waals surface area contributed by atoms with E-state index in [-0.39, 0.29) is 11.4 Å². The number of nitrogens with two attached hydrogens (primary N) is 1. The highest BCUT2D eigenvalue weighted by atomic mass is 32.1. The number of pyridine rings is 1. The summed E-state index contributed by atoms with van der Waals surface area (Å²) in [6.45, 7) is 4.08. The third-order valence-corrected chi connectivity index (χ3v) is 6.77. The maximum absolute atomic E-state index is 13.1. The van der Waals surface area contributed by atoms with E-state index in [1.54, 1.807) is 31.2 Å². The lowest BCUT2D eigenvalue weighted by molar-refractivity contribution is -0.146. The van der Waals surface area contributed by atoms with Crippen molar-refractivity contribution in [3.8, 4) is 0 Å². The number of carbonyl (C=O) groups excluding carboxylic acids is 2. The van der Waals surface area contributed by atoms with E-state index in [9.17, 15) is 22.8 Å². The first-order valence-electron chi connectivity index (χ1n) is 10.3. The van der Waals surface area contributed by atoms with Crippen molar-refractivity contribution in [1.82, 2.24) is 14.9 Å². The van der Waals surface area contributed by atoms with Gasteiger partial charge < -0.3 is 16.0 Å². The van der Waals surface area contributed by atoms with Gasteiger partial charge in [0.2, 0.25) is 0 Å². The Hall–Kier alpha value is -3.21. The molecule has 7 nitrogen and oxygen atoms in total. The molecule has 0 spiro atoms. The Morgan fingerprint density at radius 1 is 1.24 bits per heavy atom. The quantitative estimate of drug-likeness (QED) is 0.528. The summed E-state index contributed by atoms with van der Waals surface area (Å²) in [6, 6.07) is 6.05. The number of nitrogens with one attached hydrogen (secondary N) is 1. The number of fused-ring (bicyclic) bond motifs is 1. The van der Waals surface area contributed by atoms with Gasteiger partial charge in [-0.1, -0.05) is 13.0 Å². The number of nitrogens with zero attached hydrogens (tertiary/aromatic N) is 3. The standard InChI is InChI=1S/C22H22F3N5O2S/c1-11-3-5-16(13-4-6-17-15(8-13)29-21(33-17)22(23,24)25)30(10-11)20(32)19(31)28-14-7-12(2)18(26)27-9-14/h4,6-9,11,16H,3,5,10H2,1-2H3,(H2,26,27)(H,28,31)/t11-,16+/m1/s1. The van der Waals surface area contributed by atoms with Gasteiger partial charge in [0.1, 0.15) is 5.82 Å². The van der Waals surface area contributed by atoms with Gasteiger partial charge in [0, 0.05) is 6.54 Å². The van der Waals surface area contributed by atoms with Crippen molar-refractivity contribution >= 4 is 44.9 Å². The van der Waals surface area contributed by atoms with Crippen molar-refractivity contribution in [3.63, 3.8) is 0 Å². The molecule has 0 bridgehead atoms. The van der Waals surface area contributed by atoms with Crippen LogP contribution in [0.5, 0.6) is 0 Å². The number of amides is 2. The van der Waals surface area contributed by atoms with Crippen LogP contribution in [0.1, 0.15) is 41.9 Å². The van der Waals surface area contributed by atoms with E-state index in [1.165, 1.54) is 11.1 Å². The van der Waals surface area contributed by atoms with Crippen LogP contribution >= 0.6 is 11.3 Å². The number of benzene rings is 1. The van der Waals surface area contributed by atoms with Crippen molar-refractivity contribution in [2.24, 2.45) is 5.92 Å². The fraction of sp³-hybridized carbons (Fsp3) is 0.364. The molecule has 1 aliphatic heterocycles. The molecule has 33 heavy (non-hydrogen) atoms. The first-order valence-corrected chi connectivity index (χ1v) is 11.2. The number of piperidine rings is 1. The fourth-order valence-electron chi connectivity index (χ4n) is 3.97. The monoisotopic (exact) mass is 477 g/mol. The molecule has 1 fully saturated rings. The zero-order valence-electron chi connectivity index (χ0n) is 17.9. The molecule has 2 aromatic heterocycles. The molecule has 4 rings (SSSR count). The average Bonchev–Trinajstić information content (AvgIpc) is 3.20. The third kappa shape index (κ3) is 4.77. The molecule has 0 unspecified atom stereocenters. The number of thiazole rings is 1. The van der Waals surface area contributed by atoms with Crippen LogP contribution in [0.2, 0.25) is 0 Å². The number of hydrogen-bond acceptors (Lipinski definition) is 6. The molecule has 1 aliphatic rings. The lowest BCUT2D eigenvalue weighted by atomic mass is 9.89. The smallest absolute Gasteiger partial charge is 0.383 e. The Morgan fingerprint density at radius 2 is 2.00 bits per heavy atom.